The van der Waals surface area contributed by atoms with Gasteiger partial charge in [-0.15, -0.1) is 0 Å². The van der Waals surface area contributed by atoms with Crippen LogP contribution in [0.5, 0.6) is 0 Å². The molecular weight excluding hydrogens is 228 g/mol. The van der Waals surface area contributed by atoms with Crippen LogP contribution in [0.3, 0.4) is 0 Å². The van der Waals surface area contributed by atoms with Gasteiger partial charge in [-0.05, 0) is 12.8 Å². The molecule has 5 nitrogen and oxygen atoms in total. The Morgan fingerprint density at radius 3 is 2.62 bits per heavy atom. The molecule has 1 saturated carbocycles. The number of nitrogens with one attached hydrogen (secondary N) is 2. The van der Waals surface area contributed by atoms with Crippen molar-refractivity contribution in [3.05, 3.63) is 0 Å². The fourth-order valence-corrected chi connectivity index (χ4v) is 3.59. The zero-order valence-corrected chi connectivity index (χ0v) is 10.6. The van der Waals surface area contributed by atoms with E-state index < -0.39 is 9.84 Å². The number of hydrogen-bond acceptors (Lipinski definition) is 4. The molecule has 0 bridgehead atoms. The van der Waals surface area contributed by atoms with Crippen molar-refractivity contribution >= 4 is 15.7 Å². The van der Waals surface area contributed by atoms with Gasteiger partial charge in [0, 0.05) is 32.3 Å². The molecule has 1 aliphatic carbocycles. The molecule has 0 aromatic carbocycles. The van der Waals surface area contributed by atoms with Crippen LogP contribution < -0.4 is 10.6 Å². The number of sulfone groups is 1. The molecule has 2 atom stereocenters. The average Bonchev–Trinajstić information content (AvgIpc) is 2.65. The molecule has 1 rings (SSSR count). The van der Waals surface area contributed by atoms with Gasteiger partial charge in [0.05, 0.1) is 5.25 Å². The Labute approximate surface area is 96.9 Å². The van der Waals surface area contributed by atoms with Gasteiger partial charge >= 0.3 is 0 Å². The van der Waals surface area contributed by atoms with Crippen LogP contribution in [-0.4, -0.2) is 45.5 Å². The topological polar surface area (TPSA) is 75.3 Å². The average molecular weight is 248 g/mol. The first-order chi connectivity index (χ1) is 7.45. The van der Waals surface area contributed by atoms with E-state index in [-0.39, 0.29) is 17.2 Å². The lowest BCUT2D eigenvalue weighted by atomic mass is 10.2. The zero-order valence-electron chi connectivity index (χ0n) is 9.82. The monoisotopic (exact) mass is 248 g/mol. The first kappa shape index (κ1) is 13.4. The molecule has 16 heavy (non-hydrogen) atoms. The molecule has 0 aromatic rings. The second-order valence-electron chi connectivity index (χ2n) is 4.28. The van der Waals surface area contributed by atoms with E-state index >= 15 is 0 Å². The minimum absolute atomic E-state index is 0.0136. The predicted molar refractivity (Wildman–Crippen MR) is 63.0 cm³/mol. The van der Waals surface area contributed by atoms with Crippen LogP contribution in [0.2, 0.25) is 0 Å². The van der Waals surface area contributed by atoms with Crippen molar-refractivity contribution in [2.24, 2.45) is 0 Å². The Morgan fingerprint density at radius 1 is 1.38 bits per heavy atom. The van der Waals surface area contributed by atoms with Gasteiger partial charge in [-0.3, -0.25) is 4.79 Å². The van der Waals surface area contributed by atoms with Crippen molar-refractivity contribution in [1.29, 1.82) is 0 Å². The van der Waals surface area contributed by atoms with E-state index in [9.17, 15) is 13.2 Å². The fraction of sp³-hybridized carbons (Fsp3) is 0.900. The number of hydrogen-bond donors (Lipinski definition) is 2. The molecule has 0 spiro atoms. The predicted octanol–water partition coefficient (Wildman–Crippen LogP) is -0.322. The highest BCUT2D eigenvalue weighted by atomic mass is 32.2. The molecule has 2 N–H and O–H groups in total. The number of carbonyl (C=O) groups is 1. The van der Waals surface area contributed by atoms with Gasteiger partial charge in [0.2, 0.25) is 5.91 Å². The van der Waals surface area contributed by atoms with E-state index in [1.54, 1.807) is 7.05 Å². The van der Waals surface area contributed by atoms with Gasteiger partial charge in [-0.2, -0.15) is 0 Å². The Kier molecular flexibility index (Phi) is 4.73. The van der Waals surface area contributed by atoms with Crippen molar-refractivity contribution in [3.8, 4) is 0 Å². The molecular formula is C10H20N2O3S. The normalized spacial score (nSPS) is 25.6. The lowest BCUT2D eigenvalue weighted by Gasteiger charge is -2.19. The van der Waals surface area contributed by atoms with Crippen LogP contribution in [0.15, 0.2) is 0 Å². The molecule has 1 amide bonds. The van der Waals surface area contributed by atoms with Gasteiger partial charge in [-0.25, -0.2) is 8.42 Å². The minimum Gasteiger partial charge on any atom is -0.359 e. The molecule has 0 heterocycles. The third kappa shape index (κ3) is 3.75. The Bertz CT molecular complexity index is 340. The number of carbonyl (C=O) groups excluding carboxylic acids is 1. The minimum atomic E-state index is -2.97. The summed E-state index contributed by atoms with van der Waals surface area (Å²) < 4.78 is 23.0. The third-order valence-electron chi connectivity index (χ3n) is 3.04. The molecule has 2 unspecified atom stereocenters. The summed E-state index contributed by atoms with van der Waals surface area (Å²) in [5, 5.41) is 5.42. The largest absolute Gasteiger partial charge is 0.359 e. The lowest BCUT2D eigenvalue weighted by Crippen LogP contribution is -2.41. The summed E-state index contributed by atoms with van der Waals surface area (Å²) in [5.41, 5.74) is 0. The lowest BCUT2D eigenvalue weighted by molar-refractivity contribution is -0.120. The molecule has 0 saturated heterocycles. The number of amides is 1. The summed E-state index contributed by atoms with van der Waals surface area (Å²) in [4.78, 5) is 11.0. The van der Waals surface area contributed by atoms with Crippen molar-refractivity contribution < 1.29 is 13.2 Å². The maximum Gasteiger partial charge on any atom is 0.221 e. The SMILES string of the molecule is CNC(=O)CCNC1CCCC1S(C)(=O)=O. The van der Waals surface area contributed by atoms with Gasteiger partial charge in [-0.1, -0.05) is 6.42 Å². The van der Waals surface area contributed by atoms with Crippen LogP contribution in [0.1, 0.15) is 25.7 Å². The van der Waals surface area contributed by atoms with Gasteiger partial charge in [0.25, 0.3) is 0 Å². The van der Waals surface area contributed by atoms with Crippen molar-refractivity contribution in [2.75, 3.05) is 19.8 Å². The van der Waals surface area contributed by atoms with E-state index in [1.165, 1.54) is 6.26 Å². The Hall–Kier alpha value is -0.620. The molecule has 1 aliphatic rings. The molecule has 0 radical (unpaired) electrons. The van der Waals surface area contributed by atoms with E-state index in [4.69, 9.17) is 0 Å². The highest BCUT2D eigenvalue weighted by molar-refractivity contribution is 7.91. The van der Waals surface area contributed by atoms with E-state index in [2.05, 4.69) is 10.6 Å². The van der Waals surface area contributed by atoms with Gasteiger partial charge in [0.1, 0.15) is 0 Å². The second kappa shape index (κ2) is 5.63. The third-order valence-corrected chi connectivity index (χ3v) is 4.70. The summed E-state index contributed by atoms with van der Waals surface area (Å²) in [6.45, 7) is 0.538. The van der Waals surface area contributed by atoms with E-state index in [0.717, 1.165) is 19.3 Å². The van der Waals surface area contributed by atoms with Crippen LogP contribution in [0.25, 0.3) is 0 Å². The smallest absolute Gasteiger partial charge is 0.221 e. The quantitative estimate of drug-likeness (QED) is 0.699. The first-order valence-electron chi connectivity index (χ1n) is 5.58. The maximum atomic E-state index is 11.5. The number of rotatable bonds is 5. The molecule has 94 valence electrons. The van der Waals surface area contributed by atoms with Gasteiger partial charge < -0.3 is 10.6 Å². The van der Waals surface area contributed by atoms with Crippen LogP contribution >= 0.6 is 0 Å². The maximum absolute atomic E-state index is 11.5. The summed E-state index contributed by atoms with van der Waals surface area (Å²) in [7, 11) is -1.38. The summed E-state index contributed by atoms with van der Waals surface area (Å²) in [6.07, 6.45) is 4.23. The highest BCUT2D eigenvalue weighted by Gasteiger charge is 2.34. The fourth-order valence-electron chi connectivity index (χ4n) is 2.17. The van der Waals surface area contributed by atoms with Crippen LogP contribution in [0, 0.1) is 0 Å². The van der Waals surface area contributed by atoms with Crippen LogP contribution in [-0.2, 0) is 14.6 Å². The molecule has 1 fully saturated rings. The molecule has 0 aromatic heterocycles. The zero-order chi connectivity index (χ0) is 12.2. The molecule has 6 heteroatoms. The Balaban J connectivity index is 2.39. The van der Waals surface area contributed by atoms with Crippen molar-refractivity contribution in [3.63, 3.8) is 0 Å². The summed E-state index contributed by atoms with van der Waals surface area (Å²) in [6, 6.07) is 0.0136. The van der Waals surface area contributed by atoms with Crippen molar-refractivity contribution in [1.82, 2.24) is 10.6 Å². The van der Waals surface area contributed by atoms with Crippen molar-refractivity contribution in [2.45, 2.75) is 37.0 Å². The molecule has 0 aliphatic heterocycles. The van der Waals surface area contributed by atoms with Gasteiger partial charge in [0.15, 0.2) is 9.84 Å². The summed E-state index contributed by atoms with van der Waals surface area (Å²) >= 11 is 0. The van der Waals surface area contributed by atoms with E-state index in [1.807, 2.05) is 0 Å². The second-order valence-corrected chi connectivity index (χ2v) is 6.55. The summed E-state index contributed by atoms with van der Waals surface area (Å²) in [5.74, 6) is -0.0265. The van der Waals surface area contributed by atoms with Crippen LogP contribution in [0.4, 0.5) is 0 Å². The highest BCUT2D eigenvalue weighted by Crippen LogP contribution is 2.24. The first-order valence-corrected chi connectivity index (χ1v) is 7.53. The van der Waals surface area contributed by atoms with E-state index in [0.29, 0.717) is 13.0 Å². The standard InChI is InChI=1S/C10H20N2O3S/c1-11-10(13)6-7-12-8-4-3-5-9(8)16(2,14)15/h8-9,12H,3-7H2,1-2H3,(H,11,13). The Morgan fingerprint density at radius 2 is 2.06 bits per heavy atom.